The summed E-state index contributed by atoms with van der Waals surface area (Å²) in [6, 6.07) is 12.8. The van der Waals surface area contributed by atoms with Crippen molar-refractivity contribution in [2.75, 3.05) is 5.75 Å². The second-order valence-corrected chi connectivity index (χ2v) is 6.04. The van der Waals surface area contributed by atoms with Gasteiger partial charge < -0.3 is 5.32 Å². The van der Waals surface area contributed by atoms with Gasteiger partial charge in [-0.15, -0.1) is 5.10 Å². The number of carbonyl (C=O) groups excluding carboxylic acids is 1. The van der Waals surface area contributed by atoms with Crippen LogP contribution in [-0.4, -0.2) is 23.0 Å². The van der Waals surface area contributed by atoms with Crippen LogP contribution in [0, 0.1) is 12.7 Å². The molecule has 6 heteroatoms. The number of benzene rings is 2. The van der Waals surface area contributed by atoms with Gasteiger partial charge >= 0.3 is 0 Å². The van der Waals surface area contributed by atoms with E-state index in [1.54, 1.807) is 19.2 Å². The van der Waals surface area contributed by atoms with Crippen LogP contribution in [0.4, 0.5) is 4.39 Å². The summed E-state index contributed by atoms with van der Waals surface area (Å²) in [6.07, 6.45) is 1.61. The summed E-state index contributed by atoms with van der Waals surface area (Å²) >= 11 is 1.33. The number of nitrogens with one attached hydrogen (secondary N) is 1. The Morgan fingerprint density at radius 3 is 2.57 bits per heavy atom. The topological polar surface area (TPSA) is 53.8 Å². The van der Waals surface area contributed by atoms with Crippen molar-refractivity contribution in [2.24, 2.45) is 10.2 Å². The van der Waals surface area contributed by atoms with Crippen LogP contribution in [0.2, 0.25) is 0 Å². The summed E-state index contributed by atoms with van der Waals surface area (Å²) in [4.78, 5) is 11.0. The van der Waals surface area contributed by atoms with Gasteiger partial charge in [-0.25, -0.2) is 4.39 Å². The zero-order chi connectivity index (χ0) is 16.2. The second-order valence-electron chi connectivity index (χ2n) is 5.07. The van der Waals surface area contributed by atoms with E-state index in [9.17, 15) is 9.18 Å². The third kappa shape index (κ3) is 3.84. The van der Waals surface area contributed by atoms with Gasteiger partial charge in [0.1, 0.15) is 5.82 Å². The molecule has 1 N–H and O–H groups in total. The van der Waals surface area contributed by atoms with Crippen molar-refractivity contribution >= 4 is 29.1 Å². The SMILES string of the molecule is Cc1ccc(-c2ccc(C=NN=C3NC(=O)CS3)cc2)cc1F. The Hall–Kier alpha value is -2.47. The Morgan fingerprint density at radius 1 is 1.17 bits per heavy atom. The number of hydrogen-bond donors (Lipinski definition) is 1. The molecule has 2 aromatic carbocycles. The lowest BCUT2D eigenvalue weighted by atomic mass is 10.0. The Balaban J connectivity index is 1.71. The molecule has 2 aromatic rings. The summed E-state index contributed by atoms with van der Waals surface area (Å²) in [5.74, 6) is 0.120. The maximum atomic E-state index is 13.6. The molecule has 116 valence electrons. The van der Waals surface area contributed by atoms with Crippen LogP contribution in [0.25, 0.3) is 11.1 Å². The highest BCUT2D eigenvalue weighted by Gasteiger charge is 2.15. The molecule has 0 spiro atoms. The molecule has 0 saturated carbocycles. The van der Waals surface area contributed by atoms with Crippen molar-refractivity contribution in [2.45, 2.75) is 6.92 Å². The first-order valence-electron chi connectivity index (χ1n) is 7.02. The fourth-order valence-corrected chi connectivity index (χ4v) is 2.69. The van der Waals surface area contributed by atoms with Crippen LogP contribution >= 0.6 is 11.8 Å². The number of nitrogens with zero attached hydrogens (tertiary/aromatic N) is 2. The molecular weight excluding hydrogens is 313 g/mol. The summed E-state index contributed by atoms with van der Waals surface area (Å²) in [7, 11) is 0. The fraction of sp³-hybridized carbons (Fsp3) is 0.118. The predicted octanol–water partition coefficient (Wildman–Crippen LogP) is 3.35. The molecule has 0 aromatic heterocycles. The summed E-state index contributed by atoms with van der Waals surface area (Å²) < 4.78 is 13.6. The average molecular weight is 327 g/mol. The number of thioether (sulfide) groups is 1. The normalized spacial score (nSPS) is 16.3. The highest BCUT2D eigenvalue weighted by molar-refractivity contribution is 8.15. The number of carbonyl (C=O) groups is 1. The zero-order valence-corrected chi connectivity index (χ0v) is 13.2. The molecule has 0 radical (unpaired) electrons. The molecule has 1 aliphatic heterocycles. The van der Waals surface area contributed by atoms with Crippen LogP contribution in [0.3, 0.4) is 0 Å². The first-order valence-corrected chi connectivity index (χ1v) is 8.00. The highest BCUT2D eigenvalue weighted by Crippen LogP contribution is 2.22. The molecule has 1 fully saturated rings. The second kappa shape index (κ2) is 6.75. The van der Waals surface area contributed by atoms with E-state index < -0.39 is 0 Å². The predicted molar refractivity (Wildman–Crippen MR) is 92.2 cm³/mol. The van der Waals surface area contributed by atoms with Gasteiger partial charge in [-0.05, 0) is 35.2 Å². The Bertz CT molecular complexity index is 800. The minimum Gasteiger partial charge on any atom is -0.303 e. The minimum absolute atomic E-state index is 0.0568. The number of hydrogen-bond acceptors (Lipinski definition) is 4. The Kier molecular flexibility index (Phi) is 4.52. The van der Waals surface area contributed by atoms with Crippen LogP contribution in [0.15, 0.2) is 52.7 Å². The van der Waals surface area contributed by atoms with Crippen molar-refractivity contribution in [1.29, 1.82) is 0 Å². The zero-order valence-electron chi connectivity index (χ0n) is 12.4. The lowest BCUT2D eigenvalue weighted by Gasteiger charge is -2.04. The molecular formula is C17H14FN3OS. The van der Waals surface area contributed by atoms with Gasteiger partial charge in [-0.3, -0.25) is 4.79 Å². The smallest absolute Gasteiger partial charge is 0.236 e. The molecule has 0 unspecified atom stereocenters. The van der Waals surface area contributed by atoms with Gasteiger partial charge in [0.2, 0.25) is 5.91 Å². The third-order valence-electron chi connectivity index (χ3n) is 3.36. The van der Waals surface area contributed by atoms with E-state index in [0.29, 0.717) is 16.5 Å². The van der Waals surface area contributed by atoms with Crippen molar-refractivity contribution in [3.63, 3.8) is 0 Å². The third-order valence-corrected chi connectivity index (χ3v) is 4.22. The highest BCUT2D eigenvalue weighted by atomic mass is 32.2. The monoisotopic (exact) mass is 327 g/mol. The summed E-state index contributed by atoms with van der Waals surface area (Å²) in [6.45, 7) is 1.74. The van der Waals surface area contributed by atoms with Gasteiger partial charge in [0.05, 0.1) is 12.0 Å². The van der Waals surface area contributed by atoms with Crippen LogP contribution in [0.5, 0.6) is 0 Å². The van der Waals surface area contributed by atoms with E-state index in [0.717, 1.165) is 16.7 Å². The molecule has 1 saturated heterocycles. The van der Waals surface area contributed by atoms with Gasteiger partial charge in [0.25, 0.3) is 0 Å². The molecule has 4 nitrogen and oxygen atoms in total. The Morgan fingerprint density at radius 2 is 1.91 bits per heavy atom. The number of aryl methyl sites for hydroxylation is 1. The quantitative estimate of drug-likeness (QED) is 0.694. The van der Waals surface area contributed by atoms with Gasteiger partial charge in [0.15, 0.2) is 5.17 Å². The Labute approximate surface area is 137 Å². The van der Waals surface area contributed by atoms with E-state index in [1.165, 1.54) is 17.8 Å². The number of amides is 1. The summed E-state index contributed by atoms with van der Waals surface area (Å²) in [5.41, 5.74) is 3.28. The van der Waals surface area contributed by atoms with Crippen molar-refractivity contribution in [3.05, 3.63) is 59.4 Å². The molecule has 3 rings (SSSR count). The van der Waals surface area contributed by atoms with Crippen LogP contribution < -0.4 is 5.32 Å². The maximum absolute atomic E-state index is 13.6. The first-order chi connectivity index (χ1) is 11.1. The van der Waals surface area contributed by atoms with Crippen molar-refractivity contribution in [1.82, 2.24) is 5.32 Å². The van der Waals surface area contributed by atoms with E-state index in [2.05, 4.69) is 15.5 Å². The van der Waals surface area contributed by atoms with Crippen LogP contribution in [0.1, 0.15) is 11.1 Å². The average Bonchev–Trinajstić information content (AvgIpc) is 2.96. The lowest BCUT2D eigenvalue weighted by molar-refractivity contribution is -0.116. The first kappa shape index (κ1) is 15.4. The van der Waals surface area contributed by atoms with E-state index in [4.69, 9.17) is 0 Å². The number of rotatable bonds is 3. The molecule has 0 bridgehead atoms. The summed E-state index contributed by atoms with van der Waals surface area (Å²) in [5, 5.41) is 11.0. The van der Waals surface area contributed by atoms with Crippen molar-refractivity contribution in [3.8, 4) is 11.1 Å². The molecule has 0 aliphatic carbocycles. The lowest BCUT2D eigenvalue weighted by Crippen LogP contribution is -2.19. The molecule has 1 aliphatic rings. The van der Waals surface area contributed by atoms with E-state index in [-0.39, 0.29) is 11.7 Å². The molecule has 0 atom stereocenters. The maximum Gasteiger partial charge on any atom is 0.236 e. The number of halogens is 1. The molecule has 1 amide bonds. The number of amidine groups is 1. The van der Waals surface area contributed by atoms with Crippen molar-refractivity contribution < 1.29 is 9.18 Å². The fourth-order valence-electron chi connectivity index (χ4n) is 2.06. The standard InChI is InChI=1S/C17H14FN3OS/c1-11-2-5-14(8-15(11)18)13-6-3-12(4-7-13)9-19-21-17-20-16(22)10-23-17/h2-9H,10H2,1H3,(H,20,21,22). The van der Waals surface area contributed by atoms with Gasteiger partial charge in [-0.2, -0.15) is 5.10 Å². The minimum atomic E-state index is -0.208. The largest absolute Gasteiger partial charge is 0.303 e. The van der Waals surface area contributed by atoms with Crippen LogP contribution in [-0.2, 0) is 4.79 Å². The van der Waals surface area contributed by atoms with E-state index >= 15 is 0 Å². The van der Waals surface area contributed by atoms with Gasteiger partial charge in [-0.1, -0.05) is 48.2 Å². The molecule has 1 heterocycles. The molecule has 23 heavy (non-hydrogen) atoms. The van der Waals surface area contributed by atoms with E-state index in [1.807, 2.05) is 30.3 Å². The van der Waals surface area contributed by atoms with Gasteiger partial charge in [0, 0.05) is 0 Å².